The molecule has 1 heteroatoms. The number of rotatable bonds is 3. The monoisotopic (exact) mass is 153 g/mol. The highest BCUT2D eigenvalue weighted by Gasteiger charge is 1.97. The van der Waals surface area contributed by atoms with Gasteiger partial charge in [-0.1, -0.05) is 12.5 Å². The van der Waals surface area contributed by atoms with E-state index in [9.17, 15) is 0 Å². The molecule has 0 aliphatic heterocycles. The van der Waals surface area contributed by atoms with Gasteiger partial charge >= 0.3 is 0 Å². The molecule has 0 spiro atoms. The third kappa shape index (κ3) is 3.35. The van der Waals surface area contributed by atoms with Crippen LogP contribution in [0.3, 0.4) is 0 Å². The van der Waals surface area contributed by atoms with Gasteiger partial charge in [0.15, 0.2) is 0 Å². The van der Waals surface area contributed by atoms with Gasteiger partial charge in [-0.2, -0.15) is 0 Å². The van der Waals surface area contributed by atoms with Crippen LogP contribution in [0.5, 0.6) is 0 Å². The van der Waals surface area contributed by atoms with Gasteiger partial charge in [-0.3, -0.25) is 4.99 Å². The maximum absolute atomic E-state index is 4.35. The molecule has 0 saturated heterocycles. The summed E-state index contributed by atoms with van der Waals surface area (Å²) in [6.45, 7) is 11.5. The predicted octanol–water partition coefficient (Wildman–Crippen LogP) is 3.21. The molecule has 0 atom stereocenters. The van der Waals surface area contributed by atoms with Crippen LogP contribution in [0.4, 0.5) is 0 Å². The molecule has 0 fully saturated rings. The Kier molecular flexibility index (Phi) is 4.84. The lowest BCUT2D eigenvalue weighted by Gasteiger charge is -2.04. The summed E-state index contributed by atoms with van der Waals surface area (Å²) in [4.78, 5) is 4.35. The highest BCUT2D eigenvalue weighted by atomic mass is 14.7. The molecule has 0 bridgehead atoms. The van der Waals surface area contributed by atoms with Crippen LogP contribution in [-0.2, 0) is 0 Å². The van der Waals surface area contributed by atoms with Crippen molar-refractivity contribution in [1.29, 1.82) is 0 Å². The quantitative estimate of drug-likeness (QED) is 0.552. The van der Waals surface area contributed by atoms with E-state index in [0.717, 1.165) is 13.0 Å². The van der Waals surface area contributed by atoms with Gasteiger partial charge in [-0.15, -0.1) is 0 Å². The summed E-state index contributed by atoms with van der Waals surface area (Å²) in [5.74, 6) is 0. The van der Waals surface area contributed by atoms with Crippen molar-refractivity contribution in [3.8, 4) is 0 Å². The number of hydrogen-bond donors (Lipinski definition) is 0. The molecule has 0 amide bonds. The third-order valence-electron chi connectivity index (χ3n) is 2.11. The van der Waals surface area contributed by atoms with E-state index in [2.05, 4.69) is 39.6 Å². The molecule has 0 aromatic heterocycles. The molecule has 0 aromatic carbocycles. The first-order valence-electron chi connectivity index (χ1n) is 4.31. The second kappa shape index (κ2) is 5.11. The van der Waals surface area contributed by atoms with Gasteiger partial charge < -0.3 is 0 Å². The van der Waals surface area contributed by atoms with Crippen molar-refractivity contribution >= 4 is 5.71 Å². The van der Waals surface area contributed by atoms with E-state index in [1.807, 2.05) is 0 Å². The molecular weight excluding hydrogens is 134 g/mol. The van der Waals surface area contributed by atoms with Gasteiger partial charge in [0.25, 0.3) is 0 Å². The van der Waals surface area contributed by atoms with E-state index < -0.39 is 0 Å². The molecule has 0 saturated carbocycles. The molecule has 0 rings (SSSR count). The summed E-state index contributed by atoms with van der Waals surface area (Å²) in [7, 11) is 0. The summed E-state index contributed by atoms with van der Waals surface area (Å²) >= 11 is 0. The van der Waals surface area contributed by atoms with Crippen LogP contribution in [0.25, 0.3) is 0 Å². The van der Waals surface area contributed by atoms with Gasteiger partial charge in [0.2, 0.25) is 0 Å². The summed E-state index contributed by atoms with van der Waals surface area (Å²) in [5, 5.41) is 0. The summed E-state index contributed by atoms with van der Waals surface area (Å²) in [6.07, 6.45) is 1.13. The van der Waals surface area contributed by atoms with Gasteiger partial charge in [0.1, 0.15) is 0 Å². The van der Waals surface area contributed by atoms with Crippen LogP contribution in [-0.4, -0.2) is 12.3 Å². The highest BCUT2D eigenvalue weighted by Crippen LogP contribution is 2.08. The van der Waals surface area contributed by atoms with Crippen molar-refractivity contribution in [3.05, 3.63) is 11.1 Å². The van der Waals surface area contributed by atoms with E-state index in [0.29, 0.717) is 0 Å². The standard InChI is InChI=1S/C10H19N/c1-6-8(3)9(4)10(5)11-7-2/h6-7H2,1-5H3/b9-8-,11-10?. The number of nitrogens with zero attached hydrogens (tertiary/aromatic N) is 1. The zero-order valence-electron chi connectivity index (χ0n) is 8.36. The number of aliphatic imine (C=N–C) groups is 1. The molecule has 0 unspecified atom stereocenters. The lowest BCUT2D eigenvalue weighted by molar-refractivity contribution is 1.06. The summed E-state index contributed by atoms with van der Waals surface area (Å²) in [6, 6.07) is 0. The van der Waals surface area contributed by atoms with Crippen molar-refractivity contribution < 1.29 is 0 Å². The van der Waals surface area contributed by atoms with Gasteiger partial charge in [-0.05, 0) is 39.7 Å². The molecular formula is C10H19N. The van der Waals surface area contributed by atoms with Crippen molar-refractivity contribution in [2.24, 2.45) is 4.99 Å². The first kappa shape index (κ1) is 10.4. The molecule has 11 heavy (non-hydrogen) atoms. The number of allylic oxidation sites excluding steroid dienone is 2. The Balaban J connectivity index is 4.46. The fourth-order valence-corrected chi connectivity index (χ4v) is 0.930. The fourth-order valence-electron chi connectivity index (χ4n) is 0.930. The molecule has 0 heterocycles. The lowest BCUT2D eigenvalue weighted by Crippen LogP contribution is -1.97. The molecule has 0 N–H and O–H groups in total. The fraction of sp³-hybridized carbons (Fsp3) is 0.700. The first-order valence-corrected chi connectivity index (χ1v) is 4.31. The predicted molar refractivity (Wildman–Crippen MR) is 52.3 cm³/mol. The SMILES string of the molecule is CCN=C(C)/C(C)=C(/C)CC. The van der Waals surface area contributed by atoms with Gasteiger partial charge in [0.05, 0.1) is 0 Å². The topological polar surface area (TPSA) is 12.4 Å². The van der Waals surface area contributed by atoms with E-state index in [4.69, 9.17) is 0 Å². The second-order valence-electron chi connectivity index (χ2n) is 2.82. The average molecular weight is 153 g/mol. The Morgan fingerprint density at radius 2 is 1.64 bits per heavy atom. The van der Waals surface area contributed by atoms with Gasteiger partial charge in [-0.25, -0.2) is 0 Å². The third-order valence-corrected chi connectivity index (χ3v) is 2.11. The highest BCUT2D eigenvalue weighted by molar-refractivity contribution is 5.98. The minimum absolute atomic E-state index is 0.889. The van der Waals surface area contributed by atoms with Crippen molar-refractivity contribution in [3.63, 3.8) is 0 Å². The minimum atomic E-state index is 0.889. The molecule has 1 nitrogen and oxygen atoms in total. The van der Waals surface area contributed by atoms with E-state index in [-0.39, 0.29) is 0 Å². The lowest BCUT2D eigenvalue weighted by atomic mass is 10.1. The maximum Gasteiger partial charge on any atom is 0.0364 e. The Morgan fingerprint density at radius 1 is 1.09 bits per heavy atom. The normalized spacial score (nSPS) is 14.8. The summed E-state index contributed by atoms with van der Waals surface area (Å²) in [5.41, 5.74) is 3.99. The van der Waals surface area contributed by atoms with Crippen molar-refractivity contribution in [2.75, 3.05) is 6.54 Å². The van der Waals surface area contributed by atoms with Crippen molar-refractivity contribution in [1.82, 2.24) is 0 Å². The Hall–Kier alpha value is -0.590. The zero-order valence-corrected chi connectivity index (χ0v) is 8.36. The molecule has 0 aliphatic rings. The zero-order chi connectivity index (χ0) is 8.85. The van der Waals surface area contributed by atoms with Crippen molar-refractivity contribution in [2.45, 2.75) is 41.0 Å². The van der Waals surface area contributed by atoms with Crippen LogP contribution in [0.1, 0.15) is 41.0 Å². The Bertz CT molecular complexity index is 175. The van der Waals surface area contributed by atoms with Crippen LogP contribution < -0.4 is 0 Å². The number of hydrogen-bond acceptors (Lipinski definition) is 1. The molecule has 0 aliphatic carbocycles. The van der Waals surface area contributed by atoms with E-state index >= 15 is 0 Å². The van der Waals surface area contributed by atoms with Crippen LogP contribution in [0, 0.1) is 0 Å². The minimum Gasteiger partial charge on any atom is -0.290 e. The largest absolute Gasteiger partial charge is 0.290 e. The van der Waals surface area contributed by atoms with Crippen LogP contribution in [0.2, 0.25) is 0 Å². The van der Waals surface area contributed by atoms with E-state index in [1.165, 1.54) is 16.9 Å². The summed E-state index contributed by atoms with van der Waals surface area (Å²) < 4.78 is 0. The molecule has 0 radical (unpaired) electrons. The first-order chi connectivity index (χ1) is 5.13. The molecule has 0 aromatic rings. The Morgan fingerprint density at radius 3 is 2.00 bits per heavy atom. The maximum atomic E-state index is 4.35. The Labute approximate surface area is 70.2 Å². The van der Waals surface area contributed by atoms with Gasteiger partial charge in [0, 0.05) is 12.3 Å². The molecule has 64 valence electrons. The smallest absolute Gasteiger partial charge is 0.0364 e. The average Bonchev–Trinajstić information content (AvgIpc) is 2.02. The van der Waals surface area contributed by atoms with Crippen LogP contribution in [0.15, 0.2) is 16.1 Å². The van der Waals surface area contributed by atoms with Crippen LogP contribution >= 0.6 is 0 Å². The van der Waals surface area contributed by atoms with E-state index in [1.54, 1.807) is 0 Å². The second-order valence-corrected chi connectivity index (χ2v) is 2.82.